The predicted octanol–water partition coefficient (Wildman–Crippen LogP) is 2.79. The van der Waals surface area contributed by atoms with E-state index in [1.165, 1.54) is 13.8 Å². The Bertz CT molecular complexity index is 402. The number of carbonyl (C=O) groups is 1. The van der Waals surface area contributed by atoms with Crippen LogP contribution in [0.3, 0.4) is 0 Å². The van der Waals surface area contributed by atoms with Crippen LogP contribution in [0.2, 0.25) is 0 Å². The highest BCUT2D eigenvalue weighted by molar-refractivity contribution is 5.79. The van der Waals surface area contributed by atoms with Crippen molar-refractivity contribution >= 4 is 5.97 Å². The Kier molecular flexibility index (Phi) is 3.57. The van der Waals surface area contributed by atoms with Crippen LogP contribution in [0, 0.1) is 12.7 Å². The molecule has 0 aliphatic heterocycles. The second kappa shape index (κ2) is 4.55. The second-order valence-electron chi connectivity index (χ2n) is 3.26. The summed E-state index contributed by atoms with van der Waals surface area (Å²) in [6.45, 7) is 2.65. The minimum absolute atomic E-state index is 0.0569. The van der Waals surface area contributed by atoms with Gasteiger partial charge in [-0.15, -0.1) is 0 Å². The SMILES string of the molecule is CCOC(=O)C(F)(F)c1ccc(F)c(C)c1. The van der Waals surface area contributed by atoms with E-state index >= 15 is 0 Å². The normalized spacial score (nSPS) is 11.3. The summed E-state index contributed by atoms with van der Waals surface area (Å²) in [4.78, 5) is 11.0. The maximum atomic E-state index is 13.5. The van der Waals surface area contributed by atoms with Gasteiger partial charge in [-0.25, -0.2) is 9.18 Å². The Labute approximate surface area is 91.0 Å². The molecule has 1 rings (SSSR count). The number of ether oxygens (including phenoxy) is 1. The average molecular weight is 232 g/mol. The van der Waals surface area contributed by atoms with Gasteiger partial charge in [0.15, 0.2) is 0 Å². The highest BCUT2D eigenvalue weighted by atomic mass is 19.3. The number of halogens is 3. The van der Waals surface area contributed by atoms with E-state index in [4.69, 9.17) is 0 Å². The smallest absolute Gasteiger partial charge is 0.381 e. The number of hydrogen-bond acceptors (Lipinski definition) is 2. The molecule has 2 nitrogen and oxygen atoms in total. The molecule has 88 valence electrons. The molecule has 1 aromatic carbocycles. The average Bonchev–Trinajstić information content (AvgIpc) is 2.22. The summed E-state index contributed by atoms with van der Waals surface area (Å²) in [5.74, 6) is -5.96. The van der Waals surface area contributed by atoms with E-state index in [0.29, 0.717) is 0 Å². The lowest BCUT2D eigenvalue weighted by molar-refractivity contribution is -0.173. The molecule has 0 N–H and O–H groups in total. The molecule has 0 fully saturated rings. The van der Waals surface area contributed by atoms with Gasteiger partial charge < -0.3 is 4.74 Å². The first-order valence-corrected chi connectivity index (χ1v) is 4.71. The van der Waals surface area contributed by atoms with Gasteiger partial charge in [-0.05, 0) is 37.6 Å². The molecule has 0 radical (unpaired) electrons. The highest BCUT2D eigenvalue weighted by Crippen LogP contribution is 2.30. The van der Waals surface area contributed by atoms with Crippen molar-refractivity contribution in [3.8, 4) is 0 Å². The maximum absolute atomic E-state index is 13.5. The van der Waals surface area contributed by atoms with Crippen LogP contribution < -0.4 is 0 Å². The number of aryl methyl sites for hydroxylation is 1. The monoisotopic (exact) mass is 232 g/mol. The molecule has 0 aromatic heterocycles. The molecule has 0 saturated heterocycles. The minimum atomic E-state index is -3.74. The summed E-state index contributed by atoms with van der Waals surface area (Å²) < 4.78 is 44.0. The lowest BCUT2D eigenvalue weighted by Gasteiger charge is -2.15. The fraction of sp³-hybridized carbons (Fsp3) is 0.364. The van der Waals surface area contributed by atoms with Crippen LogP contribution in [0.25, 0.3) is 0 Å². The molecule has 0 unspecified atom stereocenters. The number of alkyl halides is 2. The van der Waals surface area contributed by atoms with Crippen molar-refractivity contribution in [2.75, 3.05) is 6.61 Å². The second-order valence-corrected chi connectivity index (χ2v) is 3.26. The molecule has 0 aliphatic carbocycles. The summed E-state index contributed by atoms with van der Waals surface area (Å²) in [6, 6.07) is 2.71. The van der Waals surface area contributed by atoms with Crippen LogP contribution >= 0.6 is 0 Å². The quantitative estimate of drug-likeness (QED) is 0.749. The van der Waals surface area contributed by atoms with Crippen LogP contribution in [-0.2, 0) is 15.5 Å². The summed E-state index contributed by atoms with van der Waals surface area (Å²) in [5, 5.41) is 0. The Balaban J connectivity index is 3.06. The van der Waals surface area contributed by atoms with Gasteiger partial charge in [0.2, 0.25) is 0 Å². The Hall–Kier alpha value is -1.52. The van der Waals surface area contributed by atoms with Crippen molar-refractivity contribution < 1.29 is 22.7 Å². The van der Waals surface area contributed by atoms with Crippen LogP contribution in [-0.4, -0.2) is 12.6 Å². The van der Waals surface area contributed by atoms with Gasteiger partial charge in [-0.1, -0.05) is 0 Å². The van der Waals surface area contributed by atoms with Gasteiger partial charge in [0.05, 0.1) is 6.61 Å². The van der Waals surface area contributed by atoms with Crippen molar-refractivity contribution in [3.63, 3.8) is 0 Å². The van der Waals surface area contributed by atoms with Crippen LogP contribution in [0.15, 0.2) is 18.2 Å². The van der Waals surface area contributed by atoms with E-state index in [1.54, 1.807) is 0 Å². The summed E-state index contributed by atoms with van der Waals surface area (Å²) >= 11 is 0. The topological polar surface area (TPSA) is 26.3 Å². The third-order valence-electron chi connectivity index (χ3n) is 2.05. The number of esters is 1. The molecule has 1 aromatic rings. The molecule has 0 atom stereocenters. The van der Waals surface area contributed by atoms with Crippen molar-refractivity contribution in [1.82, 2.24) is 0 Å². The molecular weight excluding hydrogens is 221 g/mol. The zero-order valence-corrected chi connectivity index (χ0v) is 8.89. The number of rotatable bonds is 3. The number of carbonyl (C=O) groups excluding carboxylic acids is 1. The van der Waals surface area contributed by atoms with Gasteiger partial charge >= 0.3 is 11.9 Å². The van der Waals surface area contributed by atoms with E-state index in [0.717, 1.165) is 18.2 Å². The third-order valence-corrected chi connectivity index (χ3v) is 2.05. The minimum Gasteiger partial charge on any atom is -0.461 e. The first kappa shape index (κ1) is 12.5. The van der Waals surface area contributed by atoms with Crippen molar-refractivity contribution in [1.29, 1.82) is 0 Å². The zero-order valence-electron chi connectivity index (χ0n) is 8.89. The molecule has 5 heteroatoms. The molecule has 0 heterocycles. The maximum Gasteiger partial charge on any atom is 0.381 e. The fourth-order valence-corrected chi connectivity index (χ4v) is 1.18. The van der Waals surface area contributed by atoms with E-state index < -0.39 is 23.3 Å². The van der Waals surface area contributed by atoms with Crippen molar-refractivity contribution in [3.05, 3.63) is 35.1 Å². The van der Waals surface area contributed by atoms with Crippen molar-refractivity contribution in [2.24, 2.45) is 0 Å². The van der Waals surface area contributed by atoms with E-state index in [1.807, 2.05) is 0 Å². The molecule has 16 heavy (non-hydrogen) atoms. The predicted molar refractivity (Wildman–Crippen MR) is 51.7 cm³/mol. The summed E-state index contributed by atoms with van der Waals surface area (Å²) in [6.07, 6.45) is 0. The summed E-state index contributed by atoms with van der Waals surface area (Å²) in [5.41, 5.74) is -0.508. The van der Waals surface area contributed by atoms with Gasteiger partial charge in [-0.3, -0.25) is 0 Å². The largest absolute Gasteiger partial charge is 0.461 e. The van der Waals surface area contributed by atoms with Crippen LogP contribution in [0.4, 0.5) is 13.2 Å². The van der Waals surface area contributed by atoms with Gasteiger partial charge in [-0.2, -0.15) is 8.78 Å². The van der Waals surface area contributed by atoms with Crippen LogP contribution in [0.1, 0.15) is 18.1 Å². The van der Waals surface area contributed by atoms with Gasteiger partial charge in [0.25, 0.3) is 0 Å². The third kappa shape index (κ3) is 2.35. The van der Waals surface area contributed by atoms with E-state index in [-0.39, 0.29) is 12.2 Å². The molecule has 0 bridgehead atoms. The molecule has 0 aliphatic rings. The zero-order chi connectivity index (χ0) is 12.3. The van der Waals surface area contributed by atoms with E-state index in [9.17, 15) is 18.0 Å². The first-order valence-electron chi connectivity index (χ1n) is 4.71. The fourth-order valence-electron chi connectivity index (χ4n) is 1.18. The van der Waals surface area contributed by atoms with Crippen molar-refractivity contribution in [2.45, 2.75) is 19.8 Å². The molecule has 0 spiro atoms. The van der Waals surface area contributed by atoms with Gasteiger partial charge in [0.1, 0.15) is 5.82 Å². The lowest BCUT2D eigenvalue weighted by Crippen LogP contribution is -2.28. The summed E-state index contributed by atoms with van der Waals surface area (Å²) in [7, 11) is 0. The molecule has 0 saturated carbocycles. The Morgan fingerprint density at radius 3 is 2.56 bits per heavy atom. The lowest BCUT2D eigenvalue weighted by atomic mass is 10.1. The first-order chi connectivity index (χ1) is 7.39. The molecular formula is C11H11F3O2. The Morgan fingerprint density at radius 2 is 2.06 bits per heavy atom. The van der Waals surface area contributed by atoms with Gasteiger partial charge in [0, 0.05) is 5.56 Å². The number of hydrogen-bond donors (Lipinski definition) is 0. The Morgan fingerprint density at radius 1 is 1.44 bits per heavy atom. The highest BCUT2D eigenvalue weighted by Gasteiger charge is 2.42. The molecule has 0 amide bonds. The number of benzene rings is 1. The van der Waals surface area contributed by atoms with E-state index in [2.05, 4.69) is 4.74 Å². The van der Waals surface area contributed by atoms with Crippen LogP contribution in [0.5, 0.6) is 0 Å². The standard InChI is InChI=1S/C11H11F3O2/c1-3-16-10(15)11(13,14)8-4-5-9(12)7(2)6-8/h4-6H,3H2,1-2H3.